The largest absolute Gasteiger partial charge is 0.365 e. The van der Waals surface area contributed by atoms with Gasteiger partial charge in [-0.3, -0.25) is 4.79 Å². The molecule has 1 aliphatic carbocycles. The monoisotopic (exact) mass is 562 g/mol. The van der Waals surface area contributed by atoms with Crippen LogP contribution >= 0.6 is 15.9 Å². The molecule has 12 heteroatoms. The normalized spacial score (nSPS) is 14.1. The fourth-order valence-corrected chi connectivity index (χ4v) is 5.60. The second kappa shape index (κ2) is 10.3. The van der Waals surface area contributed by atoms with E-state index in [2.05, 4.69) is 41.3 Å². The number of hydrogen-bond acceptors (Lipinski definition) is 7. The Morgan fingerprint density at radius 2 is 1.89 bits per heavy atom. The van der Waals surface area contributed by atoms with Gasteiger partial charge in [0.05, 0.1) is 20.6 Å². The van der Waals surface area contributed by atoms with Gasteiger partial charge in [-0.15, -0.1) is 0 Å². The number of carbonyl (C=O) groups excluding carboxylic acids is 1. The first-order valence-electron chi connectivity index (χ1n) is 10.9. The van der Waals surface area contributed by atoms with Gasteiger partial charge in [-0.2, -0.15) is 4.98 Å². The highest BCUT2D eigenvalue weighted by atomic mass is 79.9. The van der Waals surface area contributed by atoms with Gasteiger partial charge in [0.2, 0.25) is 16.0 Å². The van der Waals surface area contributed by atoms with Crippen molar-refractivity contribution in [2.75, 3.05) is 10.6 Å². The molecule has 4 rings (SSSR count). The number of anilines is 4. The molecule has 35 heavy (non-hydrogen) atoms. The molecule has 0 atom stereocenters. The van der Waals surface area contributed by atoms with Crippen molar-refractivity contribution in [3.05, 3.63) is 64.0 Å². The fraction of sp³-hybridized carbons (Fsp3) is 0.261. The Morgan fingerprint density at radius 1 is 1.14 bits per heavy atom. The number of amides is 1. The van der Waals surface area contributed by atoms with Gasteiger partial charge in [-0.25, -0.2) is 22.5 Å². The maximum atomic E-state index is 14.1. The summed E-state index contributed by atoms with van der Waals surface area (Å²) < 4.78 is 42.8. The van der Waals surface area contributed by atoms with Gasteiger partial charge in [0.15, 0.2) is 0 Å². The number of primary amides is 1. The summed E-state index contributed by atoms with van der Waals surface area (Å²) in [6.07, 6.45) is 5.25. The van der Waals surface area contributed by atoms with Crippen LogP contribution in [0.3, 0.4) is 0 Å². The van der Waals surface area contributed by atoms with Gasteiger partial charge in [0.25, 0.3) is 5.91 Å². The highest BCUT2D eigenvalue weighted by molar-refractivity contribution is 9.10. The molecule has 0 saturated heterocycles. The Morgan fingerprint density at radius 3 is 2.57 bits per heavy atom. The molecule has 184 valence electrons. The number of aryl methyl sites for hydroxylation is 1. The molecule has 0 unspecified atom stereocenters. The molecule has 3 aromatic rings. The third kappa shape index (κ3) is 5.77. The summed E-state index contributed by atoms with van der Waals surface area (Å²) in [5.41, 5.74) is 6.49. The van der Waals surface area contributed by atoms with Crippen molar-refractivity contribution in [3.8, 4) is 0 Å². The standard InChI is InChI=1S/C23H24BrFN6O3S/c1-13-11-15(35(33,34)31-14-5-2-3-6-14)9-10-18(13)29-23-27-12-16(24)22(30-23)28-19-8-4-7-17(25)20(19)21(26)32/h4,7-12,14,31H,2-3,5-6H2,1H3,(H2,26,32)(H2,27,28,29,30). The predicted octanol–water partition coefficient (Wildman–Crippen LogP) is 4.49. The van der Waals surface area contributed by atoms with Crippen LogP contribution < -0.4 is 21.1 Å². The van der Waals surface area contributed by atoms with Crippen molar-refractivity contribution in [1.82, 2.24) is 14.7 Å². The van der Waals surface area contributed by atoms with Crippen LogP contribution in [0.25, 0.3) is 0 Å². The van der Waals surface area contributed by atoms with E-state index in [0.717, 1.165) is 31.7 Å². The lowest BCUT2D eigenvalue weighted by Gasteiger charge is -2.15. The van der Waals surface area contributed by atoms with E-state index in [1.54, 1.807) is 19.1 Å². The summed E-state index contributed by atoms with van der Waals surface area (Å²) in [4.78, 5) is 20.5. The third-order valence-corrected chi connectivity index (χ3v) is 7.79. The number of aromatic nitrogens is 2. The van der Waals surface area contributed by atoms with Gasteiger partial charge >= 0.3 is 0 Å². The number of nitrogens with two attached hydrogens (primary N) is 1. The maximum Gasteiger partial charge on any atom is 0.253 e. The van der Waals surface area contributed by atoms with E-state index in [1.807, 2.05) is 0 Å². The SMILES string of the molecule is Cc1cc(S(=O)(=O)NC2CCCC2)ccc1Nc1ncc(Br)c(Nc2cccc(F)c2C(N)=O)n1. The fourth-order valence-electron chi connectivity index (χ4n) is 3.92. The first-order chi connectivity index (χ1) is 16.6. The predicted molar refractivity (Wildman–Crippen MR) is 135 cm³/mol. The van der Waals surface area contributed by atoms with E-state index in [4.69, 9.17) is 5.73 Å². The molecule has 1 aromatic heterocycles. The van der Waals surface area contributed by atoms with Gasteiger partial charge in [0.1, 0.15) is 11.6 Å². The van der Waals surface area contributed by atoms with Crippen LogP contribution in [0.4, 0.5) is 27.5 Å². The summed E-state index contributed by atoms with van der Waals surface area (Å²) in [5.74, 6) is -1.19. The maximum absolute atomic E-state index is 14.1. The third-order valence-electron chi connectivity index (χ3n) is 5.69. The lowest BCUT2D eigenvalue weighted by molar-refractivity contribution is 0.0997. The van der Waals surface area contributed by atoms with E-state index in [-0.39, 0.29) is 34.0 Å². The van der Waals surface area contributed by atoms with Gasteiger partial charge in [-0.05, 0) is 71.6 Å². The van der Waals surface area contributed by atoms with Crippen LogP contribution in [0.15, 0.2) is 52.0 Å². The minimum absolute atomic E-state index is 0.0200. The molecule has 1 fully saturated rings. The Kier molecular flexibility index (Phi) is 7.33. The summed E-state index contributed by atoms with van der Waals surface area (Å²) in [5, 5.41) is 5.96. The van der Waals surface area contributed by atoms with E-state index >= 15 is 0 Å². The molecule has 0 bridgehead atoms. The molecule has 1 amide bonds. The van der Waals surface area contributed by atoms with E-state index < -0.39 is 21.7 Å². The van der Waals surface area contributed by atoms with Crippen LogP contribution in [0.2, 0.25) is 0 Å². The molecule has 0 aliphatic heterocycles. The highest BCUT2D eigenvalue weighted by Crippen LogP contribution is 2.29. The smallest absolute Gasteiger partial charge is 0.253 e. The Bertz CT molecular complexity index is 1380. The molecule has 1 heterocycles. The molecule has 1 saturated carbocycles. The molecule has 9 nitrogen and oxygen atoms in total. The number of rotatable bonds is 8. The van der Waals surface area contributed by atoms with Crippen LogP contribution in [0, 0.1) is 12.7 Å². The lowest BCUT2D eigenvalue weighted by atomic mass is 10.1. The van der Waals surface area contributed by atoms with Crippen LogP contribution in [-0.4, -0.2) is 30.3 Å². The molecule has 0 radical (unpaired) electrons. The van der Waals surface area contributed by atoms with Crippen LogP contribution in [0.1, 0.15) is 41.6 Å². The quantitative estimate of drug-likeness (QED) is 0.317. The summed E-state index contributed by atoms with van der Waals surface area (Å²) in [7, 11) is -3.61. The highest BCUT2D eigenvalue weighted by Gasteiger charge is 2.23. The van der Waals surface area contributed by atoms with Crippen molar-refractivity contribution in [1.29, 1.82) is 0 Å². The van der Waals surface area contributed by atoms with E-state index in [1.165, 1.54) is 24.4 Å². The molecular weight excluding hydrogens is 539 g/mol. The first kappa shape index (κ1) is 25.0. The zero-order valence-electron chi connectivity index (χ0n) is 18.8. The number of nitrogens with zero attached hydrogens (tertiary/aromatic N) is 2. The van der Waals surface area contributed by atoms with E-state index in [9.17, 15) is 17.6 Å². The summed E-state index contributed by atoms with van der Waals surface area (Å²) >= 11 is 3.34. The zero-order chi connectivity index (χ0) is 25.2. The Hall–Kier alpha value is -3.09. The van der Waals surface area contributed by atoms with Crippen molar-refractivity contribution in [2.45, 2.75) is 43.5 Å². The van der Waals surface area contributed by atoms with Crippen molar-refractivity contribution < 1.29 is 17.6 Å². The van der Waals surface area contributed by atoms with Crippen molar-refractivity contribution in [3.63, 3.8) is 0 Å². The number of benzene rings is 2. The number of sulfonamides is 1. The molecule has 5 N–H and O–H groups in total. The van der Waals surface area contributed by atoms with Gasteiger partial charge < -0.3 is 16.4 Å². The minimum atomic E-state index is -3.61. The van der Waals surface area contributed by atoms with Crippen molar-refractivity contribution in [2.24, 2.45) is 5.73 Å². The van der Waals surface area contributed by atoms with Gasteiger partial charge in [-0.1, -0.05) is 18.9 Å². The first-order valence-corrected chi connectivity index (χ1v) is 13.2. The van der Waals surface area contributed by atoms with Crippen LogP contribution in [-0.2, 0) is 10.0 Å². The molecule has 2 aromatic carbocycles. The zero-order valence-corrected chi connectivity index (χ0v) is 21.2. The topological polar surface area (TPSA) is 139 Å². The van der Waals surface area contributed by atoms with Crippen LogP contribution in [0.5, 0.6) is 0 Å². The van der Waals surface area contributed by atoms with E-state index in [0.29, 0.717) is 15.7 Å². The van der Waals surface area contributed by atoms with Crippen molar-refractivity contribution >= 4 is 55.0 Å². The number of nitrogens with one attached hydrogen (secondary N) is 3. The van der Waals surface area contributed by atoms with Gasteiger partial charge in [0, 0.05) is 17.9 Å². The summed E-state index contributed by atoms with van der Waals surface area (Å²) in [6.45, 7) is 1.78. The Balaban J connectivity index is 1.55. The second-order valence-corrected chi connectivity index (χ2v) is 10.8. The average molecular weight is 563 g/mol. The number of hydrogen-bond donors (Lipinski definition) is 4. The summed E-state index contributed by atoms with van der Waals surface area (Å²) in [6, 6.07) is 8.83. The molecule has 1 aliphatic rings. The second-order valence-electron chi connectivity index (χ2n) is 8.25. The Labute approximate surface area is 210 Å². The minimum Gasteiger partial charge on any atom is -0.365 e. The number of halogens is 2. The molecule has 0 spiro atoms. The average Bonchev–Trinajstić information content (AvgIpc) is 3.29. The molecular formula is C23H24BrFN6O3S. The number of carbonyl (C=O) groups is 1. The lowest BCUT2D eigenvalue weighted by Crippen LogP contribution is -2.32.